The van der Waals surface area contributed by atoms with Crippen LogP contribution in [-0.4, -0.2) is 11.9 Å². The monoisotopic (exact) mass is 220 g/mol. The molecule has 0 amide bonds. The number of aliphatic imine (C=N–C) groups is 1. The van der Waals surface area contributed by atoms with Crippen LogP contribution in [0.1, 0.15) is 19.4 Å². The van der Waals surface area contributed by atoms with Gasteiger partial charge in [-0.25, -0.2) is 0 Å². The van der Waals surface area contributed by atoms with Gasteiger partial charge < -0.3 is 5.32 Å². The number of hydrogen-bond donors (Lipinski definition) is 1. The Kier molecular flexibility index (Phi) is 2.78. The van der Waals surface area contributed by atoms with Crippen molar-refractivity contribution in [1.29, 1.82) is 0 Å². The molecule has 3 heteroatoms. The van der Waals surface area contributed by atoms with Crippen LogP contribution in [0.4, 0.5) is 0 Å². The summed E-state index contributed by atoms with van der Waals surface area (Å²) in [5, 5.41) is 3.93. The third kappa shape index (κ3) is 2.21. The van der Waals surface area contributed by atoms with Crippen LogP contribution in [0.15, 0.2) is 41.0 Å². The summed E-state index contributed by atoms with van der Waals surface area (Å²) in [6.07, 6.45) is 2.00. The Hall–Kier alpha value is -1.28. The molecule has 1 N–H and O–H groups in total. The molecule has 1 aromatic carbocycles. The molecule has 0 saturated heterocycles. The molecule has 0 bridgehead atoms. The van der Waals surface area contributed by atoms with Crippen LogP contribution in [0.5, 0.6) is 0 Å². The van der Waals surface area contributed by atoms with Crippen molar-refractivity contribution in [3.8, 4) is 0 Å². The van der Waals surface area contributed by atoms with Gasteiger partial charge in [0.1, 0.15) is 5.84 Å². The molecule has 0 spiro atoms. The van der Waals surface area contributed by atoms with Crippen molar-refractivity contribution in [2.75, 3.05) is 0 Å². The van der Waals surface area contributed by atoms with Crippen molar-refractivity contribution in [3.05, 3.63) is 46.6 Å². The van der Waals surface area contributed by atoms with E-state index in [0.29, 0.717) is 0 Å². The zero-order chi connectivity index (χ0) is 10.8. The van der Waals surface area contributed by atoms with Crippen LogP contribution in [0.3, 0.4) is 0 Å². The van der Waals surface area contributed by atoms with Crippen LogP contribution in [0, 0.1) is 0 Å². The number of benzene rings is 1. The van der Waals surface area contributed by atoms with E-state index in [0.717, 1.165) is 16.4 Å². The Morgan fingerprint density at radius 3 is 2.53 bits per heavy atom. The lowest BCUT2D eigenvalue weighted by molar-refractivity contribution is 0.823. The number of rotatable bonds is 1. The first-order valence-corrected chi connectivity index (χ1v) is 5.31. The molecule has 15 heavy (non-hydrogen) atoms. The molecule has 2 rings (SSSR count). The van der Waals surface area contributed by atoms with E-state index in [1.165, 1.54) is 5.57 Å². The summed E-state index contributed by atoms with van der Waals surface area (Å²) in [6, 6.07) is 7.93. The van der Waals surface area contributed by atoms with Gasteiger partial charge in [0.05, 0.1) is 6.04 Å². The van der Waals surface area contributed by atoms with Crippen LogP contribution in [0.2, 0.25) is 5.02 Å². The molecule has 0 saturated carbocycles. The number of nitrogens with one attached hydrogen (secondary N) is 1. The van der Waals surface area contributed by atoms with Gasteiger partial charge in [-0.2, -0.15) is 0 Å². The summed E-state index contributed by atoms with van der Waals surface area (Å²) in [5.41, 5.74) is 2.31. The maximum Gasteiger partial charge on any atom is 0.132 e. The second-order valence-corrected chi connectivity index (χ2v) is 4.13. The van der Waals surface area contributed by atoms with Crippen LogP contribution < -0.4 is 5.32 Å². The van der Waals surface area contributed by atoms with Gasteiger partial charge in [-0.05, 0) is 43.7 Å². The number of halogens is 1. The standard InChI is InChI=1S/C12H13ClN2/c1-8-7-14-12(15-9(8)2)10-3-5-11(13)6-4-10/h3-7,9H,1-2H3,(H,14,15). The minimum Gasteiger partial charge on any atom is -0.346 e. The molecule has 78 valence electrons. The van der Waals surface area contributed by atoms with Crippen molar-refractivity contribution in [2.24, 2.45) is 4.99 Å². The van der Waals surface area contributed by atoms with Crippen LogP contribution in [0.25, 0.3) is 0 Å². The molecule has 1 unspecified atom stereocenters. The van der Waals surface area contributed by atoms with Crippen molar-refractivity contribution >= 4 is 17.4 Å². The van der Waals surface area contributed by atoms with Crippen LogP contribution in [-0.2, 0) is 0 Å². The first-order valence-electron chi connectivity index (χ1n) is 4.94. The fourth-order valence-corrected chi connectivity index (χ4v) is 1.53. The maximum absolute atomic E-state index is 5.83. The van der Waals surface area contributed by atoms with Crippen molar-refractivity contribution < 1.29 is 0 Å². The summed E-state index contributed by atoms with van der Waals surface area (Å²) in [4.78, 5) is 4.56. The summed E-state index contributed by atoms with van der Waals surface area (Å²) in [6.45, 7) is 4.16. The highest BCUT2D eigenvalue weighted by atomic mass is 35.5. The second-order valence-electron chi connectivity index (χ2n) is 3.69. The number of amidine groups is 1. The lowest BCUT2D eigenvalue weighted by atomic mass is 10.1. The van der Waals surface area contributed by atoms with Gasteiger partial charge in [-0.15, -0.1) is 0 Å². The van der Waals surface area contributed by atoms with E-state index < -0.39 is 0 Å². The summed E-state index contributed by atoms with van der Waals surface area (Å²) >= 11 is 5.83. The molecule has 1 aliphatic rings. The SMILES string of the molecule is CC1=CNC(c2ccc(Cl)cc2)=NC1C. The van der Waals surface area contributed by atoms with Crippen LogP contribution >= 0.6 is 11.6 Å². The van der Waals surface area contributed by atoms with E-state index >= 15 is 0 Å². The molecular weight excluding hydrogens is 208 g/mol. The van der Waals surface area contributed by atoms with Gasteiger partial charge in [0.25, 0.3) is 0 Å². The lowest BCUT2D eigenvalue weighted by Crippen LogP contribution is -2.26. The zero-order valence-electron chi connectivity index (χ0n) is 8.79. The first-order chi connectivity index (χ1) is 7.16. The minimum absolute atomic E-state index is 0.247. The summed E-state index contributed by atoms with van der Waals surface area (Å²) in [5.74, 6) is 0.907. The van der Waals surface area contributed by atoms with Gasteiger partial charge in [-0.3, -0.25) is 4.99 Å². The van der Waals surface area contributed by atoms with Gasteiger partial charge in [-0.1, -0.05) is 11.6 Å². The van der Waals surface area contributed by atoms with Crippen molar-refractivity contribution in [3.63, 3.8) is 0 Å². The Morgan fingerprint density at radius 1 is 1.27 bits per heavy atom. The number of nitrogens with zero attached hydrogens (tertiary/aromatic N) is 1. The highest BCUT2D eigenvalue weighted by Gasteiger charge is 2.11. The van der Waals surface area contributed by atoms with E-state index in [-0.39, 0.29) is 6.04 Å². The third-order valence-corrected chi connectivity index (χ3v) is 2.79. The normalized spacial score (nSPS) is 20.3. The predicted octanol–water partition coefficient (Wildman–Crippen LogP) is 2.98. The second kappa shape index (κ2) is 4.07. The summed E-state index contributed by atoms with van der Waals surface area (Å²) in [7, 11) is 0. The zero-order valence-corrected chi connectivity index (χ0v) is 9.55. The number of hydrogen-bond acceptors (Lipinski definition) is 2. The quantitative estimate of drug-likeness (QED) is 0.773. The van der Waals surface area contributed by atoms with E-state index in [1.807, 2.05) is 30.5 Å². The summed E-state index contributed by atoms with van der Waals surface area (Å²) < 4.78 is 0. The first kappa shape index (κ1) is 10.2. The average Bonchev–Trinajstić information content (AvgIpc) is 2.23. The molecule has 0 fully saturated rings. The maximum atomic E-state index is 5.83. The van der Waals surface area contributed by atoms with Gasteiger partial charge in [0.2, 0.25) is 0 Å². The molecule has 1 atom stereocenters. The molecule has 2 nitrogen and oxygen atoms in total. The Bertz CT molecular complexity index is 418. The fraction of sp³-hybridized carbons (Fsp3) is 0.250. The minimum atomic E-state index is 0.247. The smallest absolute Gasteiger partial charge is 0.132 e. The molecule has 1 aromatic rings. The molecule has 1 heterocycles. The highest BCUT2D eigenvalue weighted by molar-refractivity contribution is 6.30. The average molecular weight is 221 g/mol. The fourth-order valence-electron chi connectivity index (χ4n) is 1.40. The molecule has 0 radical (unpaired) electrons. The molecule has 1 aliphatic heterocycles. The van der Waals surface area contributed by atoms with Gasteiger partial charge >= 0.3 is 0 Å². The van der Waals surface area contributed by atoms with E-state index in [2.05, 4.69) is 24.2 Å². The topological polar surface area (TPSA) is 24.4 Å². The molecule has 0 aliphatic carbocycles. The molecule has 0 aromatic heterocycles. The van der Waals surface area contributed by atoms with E-state index in [1.54, 1.807) is 0 Å². The Labute approximate surface area is 94.7 Å². The van der Waals surface area contributed by atoms with E-state index in [9.17, 15) is 0 Å². The highest BCUT2D eigenvalue weighted by Crippen LogP contribution is 2.14. The van der Waals surface area contributed by atoms with Crippen molar-refractivity contribution in [1.82, 2.24) is 5.32 Å². The van der Waals surface area contributed by atoms with E-state index in [4.69, 9.17) is 11.6 Å². The largest absolute Gasteiger partial charge is 0.346 e. The van der Waals surface area contributed by atoms with Gasteiger partial charge in [0, 0.05) is 16.8 Å². The lowest BCUT2D eigenvalue weighted by Gasteiger charge is -2.18. The third-order valence-electron chi connectivity index (χ3n) is 2.54. The van der Waals surface area contributed by atoms with Gasteiger partial charge in [0.15, 0.2) is 0 Å². The Balaban J connectivity index is 2.26. The Morgan fingerprint density at radius 2 is 1.93 bits per heavy atom. The predicted molar refractivity (Wildman–Crippen MR) is 64.3 cm³/mol. The van der Waals surface area contributed by atoms with Crippen molar-refractivity contribution in [2.45, 2.75) is 19.9 Å². The molecular formula is C12H13ClN2.